The van der Waals surface area contributed by atoms with Gasteiger partial charge in [-0.1, -0.05) is 37.3 Å². The summed E-state index contributed by atoms with van der Waals surface area (Å²) < 4.78 is 0. The molecule has 0 heterocycles. The molecule has 0 bridgehead atoms. The maximum Gasteiger partial charge on any atom is 0.141 e. The Morgan fingerprint density at radius 3 is 2.58 bits per heavy atom. The summed E-state index contributed by atoms with van der Waals surface area (Å²) in [6.45, 7) is 2.79. The molecule has 0 saturated carbocycles. The van der Waals surface area contributed by atoms with E-state index in [0.29, 0.717) is 0 Å². The summed E-state index contributed by atoms with van der Waals surface area (Å²) >= 11 is 0. The predicted molar refractivity (Wildman–Crippen MR) is 48.9 cm³/mol. The Morgan fingerprint density at radius 1 is 1.42 bits per heavy atom. The van der Waals surface area contributed by atoms with E-state index < -0.39 is 0 Å². The van der Waals surface area contributed by atoms with E-state index in [1.165, 1.54) is 0 Å². The van der Waals surface area contributed by atoms with Gasteiger partial charge in [-0.25, -0.2) is 0 Å². The lowest BCUT2D eigenvalue weighted by atomic mass is 10.1. The van der Waals surface area contributed by atoms with Gasteiger partial charge in [-0.15, -0.1) is 0 Å². The number of rotatable bonds is 4. The topological polar surface area (TPSA) is 29.1 Å². The van der Waals surface area contributed by atoms with Gasteiger partial charge in [0.25, 0.3) is 0 Å². The van der Waals surface area contributed by atoms with Gasteiger partial charge in [-0.3, -0.25) is 0 Å². The molecule has 0 fully saturated rings. The molecule has 0 radical (unpaired) electrons. The SMILES string of the molecule is CCN[C@H](C=O)c1ccccc1. The molecule has 0 aliphatic heterocycles. The standard InChI is InChI=1S/C10H13NO/c1-2-11-10(8-12)9-6-4-3-5-7-9/h3-8,10-11H,2H2,1H3/t10-/m1/s1. The first kappa shape index (κ1) is 8.94. The molecular formula is C10H13NO. The van der Waals surface area contributed by atoms with Gasteiger partial charge in [-0.05, 0) is 12.1 Å². The molecule has 12 heavy (non-hydrogen) atoms. The van der Waals surface area contributed by atoms with Gasteiger partial charge >= 0.3 is 0 Å². The monoisotopic (exact) mass is 163 g/mol. The van der Waals surface area contributed by atoms with Gasteiger partial charge in [0.15, 0.2) is 0 Å². The molecule has 1 rings (SSSR count). The summed E-state index contributed by atoms with van der Waals surface area (Å²) in [7, 11) is 0. The number of nitrogens with one attached hydrogen (secondary N) is 1. The van der Waals surface area contributed by atoms with Crippen LogP contribution in [0.25, 0.3) is 0 Å². The number of carbonyl (C=O) groups excluding carboxylic acids is 1. The van der Waals surface area contributed by atoms with E-state index in [0.717, 1.165) is 18.4 Å². The van der Waals surface area contributed by atoms with Crippen LogP contribution in [0.3, 0.4) is 0 Å². The van der Waals surface area contributed by atoms with E-state index in [4.69, 9.17) is 0 Å². The van der Waals surface area contributed by atoms with E-state index in [1.54, 1.807) is 0 Å². The third-order valence-electron chi connectivity index (χ3n) is 1.72. The summed E-state index contributed by atoms with van der Waals surface area (Å²) in [5.74, 6) is 0. The fourth-order valence-electron chi connectivity index (χ4n) is 1.12. The van der Waals surface area contributed by atoms with Crippen molar-refractivity contribution in [3.63, 3.8) is 0 Å². The van der Waals surface area contributed by atoms with Crippen molar-refractivity contribution in [2.75, 3.05) is 6.54 Å². The van der Waals surface area contributed by atoms with Crippen LogP contribution in [-0.4, -0.2) is 12.8 Å². The number of benzene rings is 1. The quantitative estimate of drug-likeness (QED) is 0.682. The molecule has 1 aromatic carbocycles. The van der Waals surface area contributed by atoms with Gasteiger partial charge in [0.2, 0.25) is 0 Å². The van der Waals surface area contributed by atoms with Crippen molar-refractivity contribution in [3.05, 3.63) is 35.9 Å². The van der Waals surface area contributed by atoms with Gasteiger partial charge in [0.05, 0.1) is 6.04 Å². The Balaban J connectivity index is 2.73. The molecule has 64 valence electrons. The van der Waals surface area contributed by atoms with Gasteiger partial charge in [0.1, 0.15) is 6.29 Å². The molecule has 1 aromatic rings. The van der Waals surface area contributed by atoms with Gasteiger partial charge < -0.3 is 10.1 Å². The van der Waals surface area contributed by atoms with Crippen LogP contribution in [0.15, 0.2) is 30.3 Å². The molecule has 0 aliphatic rings. The number of likely N-dealkylation sites (N-methyl/N-ethyl adjacent to an activating group) is 1. The molecule has 0 saturated heterocycles. The van der Waals surface area contributed by atoms with Crippen molar-refractivity contribution in [2.24, 2.45) is 0 Å². The second-order valence-electron chi connectivity index (χ2n) is 2.58. The van der Waals surface area contributed by atoms with Crippen molar-refractivity contribution in [1.82, 2.24) is 5.32 Å². The highest BCUT2D eigenvalue weighted by molar-refractivity contribution is 5.61. The van der Waals surface area contributed by atoms with Crippen LogP contribution in [0.1, 0.15) is 18.5 Å². The fourth-order valence-corrected chi connectivity index (χ4v) is 1.12. The van der Waals surface area contributed by atoms with Crippen LogP contribution in [0.5, 0.6) is 0 Å². The summed E-state index contributed by atoms with van der Waals surface area (Å²) in [5, 5.41) is 3.08. The molecule has 2 nitrogen and oxygen atoms in total. The lowest BCUT2D eigenvalue weighted by molar-refractivity contribution is -0.109. The van der Waals surface area contributed by atoms with E-state index >= 15 is 0 Å². The second-order valence-corrected chi connectivity index (χ2v) is 2.58. The molecule has 0 aromatic heterocycles. The van der Waals surface area contributed by atoms with Gasteiger partial charge in [-0.2, -0.15) is 0 Å². The van der Waals surface area contributed by atoms with E-state index in [2.05, 4.69) is 5.32 Å². The molecular weight excluding hydrogens is 150 g/mol. The van der Waals surface area contributed by atoms with Crippen LogP contribution >= 0.6 is 0 Å². The zero-order valence-electron chi connectivity index (χ0n) is 7.16. The Labute approximate surface area is 72.6 Å². The highest BCUT2D eigenvalue weighted by Crippen LogP contribution is 2.08. The first-order valence-corrected chi connectivity index (χ1v) is 4.12. The summed E-state index contributed by atoms with van der Waals surface area (Å²) in [5.41, 5.74) is 1.02. The fraction of sp³-hybridized carbons (Fsp3) is 0.300. The Kier molecular flexibility index (Phi) is 3.48. The normalized spacial score (nSPS) is 12.4. The molecule has 1 N–H and O–H groups in total. The zero-order valence-corrected chi connectivity index (χ0v) is 7.16. The van der Waals surface area contributed by atoms with Crippen molar-refractivity contribution in [1.29, 1.82) is 0 Å². The molecule has 0 spiro atoms. The maximum absolute atomic E-state index is 10.6. The first-order chi connectivity index (χ1) is 5.88. The Bertz CT molecular complexity index is 233. The number of hydrogen-bond acceptors (Lipinski definition) is 2. The summed E-state index contributed by atoms with van der Waals surface area (Å²) in [6.07, 6.45) is 0.929. The highest BCUT2D eigenvalue weighted by Gasteiger charge is 2.05. The number of aldehydes is 1. The smallest absolute Gasteiger partial charge is 0.141 e. The second kappa shape index (κ2) is 4.67. The van der Waals surface area contributed by atoms with Crippen molar-refractivity contribution >= 4 is 6.29 Å². The lowest BCUT2D eigenvalue weighted by Gasteiger charge is -2.10. The minimum atomic E-state index is -0.156. The van der Waals surface area contributed by atoms with E-state index in [1.807, 2.05) is 37.3 Å². The van der Waals surface area contributed by atoms with E-state index in [9.17, 15) is 4.79 Å². The van der Waals surface area contributed by atoms with Crippen LogP contribution in [0.2, 0.25) is 0 Å². The minimum absolute atomic E-state index is 0.156. The Morgan fingerprint density at radius 2 is 2.08 bits per heavy atom. The highest BCUT2D eigenvalue weighted by atomic mass is 16.1. The molecule has 0 aliphatic carbocycles. The van der Waals surface area contributed by atoms with Gasteiger partial charge in [0, 0.05) is 0 Å². The van der Waals surface area contributed by atoms with E-state index in [-0.39, 0.29) is 6.04 Å². The molecule has 0 unspecified atom stereocenters. The van der Waals surface area contributed by atoms with Crippen LogP contribution in [0, 0.1) is 0 Å². The average molecular weight is 163 g/mol. The van der Waals surface area contributed by atoms with Crippen LogP contribution in [-0.2, 0) is 4.79 Å². The molecule has 0 amide bonds. The lowest BCUT2D eigenvalue weighted by Crippen LogP contribution is -2.21. The van der Waals surface area contributed by atoms with Crippen LogP contribution < -0.4 is 5.32 Å². The maximum atomic E-state index is 10.6. The third kappa shape index (κ3) is 2.17. The third-order valence-corrected chi connectivity index (χ3v) is 1.72. The summed E-state index contributed by atoms with van der Waals surface area (Å²) in [6, 6.07) is 9.55. The minimum Gasteiger partial charge on any atom is -0.304 e. The predicted octanol–water partition coefficient (Wildman–Crippen LogP) is 1.54. The summed E-state index contributed by atoms with van der Waals surface area (Å²) in [4.78, 5) is 10.6. The first-order valence-electron chi connectivity index (χ1n) is 4.12. The molecule has 1 atom stereocenters. The largest absolute Gasteiger partial charge is 0.304 e. The zero-order chi connectivity index (χ0) is 8.81. The average Bonchev–Trinajstić information content (AvgIpc) is 2.15. The van der Waals surface area contributed by atoms with Crippen LogP contribution in [0.4, 0.5) is 0 Å². The van der Waals surface area contributed by atoms with Crippen molar-refractivity contribution < 1.29 is 4.79 Å². The molecule has 2 heteroatoms. The van der Waals surface area contributed by atoms with Crippen molar-refractivity contribution in [2.45, 2.75) is 13.0 Å². The Hall–Kier alpha value is -1.15. The number of carbonyl (C=O) groups is 1. The number of hydrogen-bond donors (Lipinski definition) is 1. The van der Waals surface area contributed by atoms with Crippen molar-refractivity contribution in [3.8, 4) is 0 Å².